The normalized spacial score (nSPS) is 20.5. The number of hydrazine groups is 1. The van der Waals surface area contributed by atoms with Gasteiger partial charge in [-0.05, 0) is 29.8 Å². The minimum Gasteiger partial charge on any atom is -0.457 e. The van der Waals surface area contributed by atoms with Gasteiger partial charge in [0.05, 0.1) is 37.1 Å². The first-order valence-electron chi connectivity index (χ1n) is 11.5. The number of benzene rings is 2. The highest BCUT2D eigenvalue weighted by molar-refractivity contribution is 6.02. The highest BCUT2D eigenvalue weighted by atomic mass is 16.5. The van der Waals surface area contributed by atoms with Gasteiger partial charge in [0.2, 0.25) is 0 Å². The van der Waals surface area contributed by atoms with Gasteiger partial charge in [0.1, 0.15) is 18.0 Å². The van der Waals surface area contributed by atoms with E-state index in [0.29, 0.717) is 49.1 Å². The Bertz CT molecular complexity index is 1160. The predicted octanol–water partition coefficient (Wildman–Crippen LogP) is 1.63. The molecule has 0 bridgehead atoms. The zero-order chi connectivity index (χ0) is 24.4. The lowest BCUT2D eigenvalue weighted by molar-refractivity contribution is -0.135. The average molecular weight is 478 g/mol. The summed E-state index contributed by atoms with van der Waals surface area (Å²) in [5.41, 5.74) is 4.61. The van der Waals surface area contributed by atoms with Crippen molar-refractivity contribution in [2.24, 2.45) is 0 Å². The summed E-state index contributed by atoms with van der Waals surface area (Å²) in [7, 11) is 1.63. The van der Waals surface area contributed by atoms with Gasteiger partial charge in [-0.3, -0.25) is 19.9 Å². The number of morpholine rings is 1. The Kier molecular flexibility index (Phi) is 6.39. The van der Waals surface area contributed by atoms with Crippen LogP contribution in [0.4, 0.5) is 4.79 Å². The number of amides is 4. The second-order valence-corrected chi connectivity index (χ2v) is 8.59. The summed E-state index contributed by atoms with van der Waals surface area (Å²) in [4.78, 5) is 41.7. The first-order valence-corrected chi connectivity index (χ1v) is 11.5. The molecule has 2 aromatic rings. The molecule has 4 amide bonds. The second kappa shape index (κ2) is 9.77. The number of urea groups is 1. The number of likely N-dealkylation sites (N-methyl/N-ethyl adjacent to an activating group) is 1. The van der Waals surface area contributed by atoms with Crippen LogP contribution in [0.3, 0.4) is 0 Å². The molecular weight excluding hydrogens is 450 g/mol. The van der Waals surface area contributed by atoms with E-state index >= 15 is 0 Å². The zero-order valence-electron chi connectivity index (χ0n) is 19.4. The minimum absolute atomic E-state index is 0.102. The number of ether oxygens (including phenoxy) is 2. The third-order valence-corrected chi connectivity index (χ3v) is 6.23. The molecule has 2 N–H and O–H groups in total. The van der Waals surface area contributed by atoms with E-state index in [0.717, 1.165) is 5.56 Å². The monoisotopic (exact) mass is 477 g/mol. The first-order chi connectivity index (χ1) is 17.0. The Morgan fingerprint density at radius 1 is 1.09 bits per heavy atom. The van der Waals surface area contributed by atoms with Crippen LogP contribution >= 0.6 is 0 Å². The summed E-state index contributed by atoms with van der Waals surface area (Å²) < 4.78 is 11.2. The Balaban J connectivity index is 1.34. The number of hydrogen-bond acceptors (Lipinski definition) is 6. The van der Waals surface area contributed by atoms with Crippen molar-refractivity contribution in [3.05, 3.63) is 71.4 Å². The quantitative estimate of drug-likeness (QED) is 0.656. The number of nitrogens with one attached hydrogen (secondary N) is 2. The van der Waals surface area contributed by atoms with Crippen molar-refractivity contribution in [3.8, 4) is 11.5 Å². The summed E-state index contributed by atoms with van der Waals surface area (Å²) in [6, 6.07) is 15.7. The number of hydrogen-bond donors (Lipinski definition) is 2. The second-order valence-electron chi connectivity index (χ2n) is 8.59. The van der Waals surface area contributed by atoms with Crippen molar-refractivity contribution in [3.63, 3.8) is 0 Å². The van der Waals surface area contributed by atoms with Gasteiger partial charge >= 0.3 is 6.03 Å². The maximum Gasteiger partial charge on any atom is 0.322 e. The molecule has 3 aliphatic heterocycles. The molecule has 0 aliphatic carbocycles. The van der Waals surface area contributed by atoms with E-state index in [1.54, 1.807) is 12.1 Å². The van der Waals surface area contributed by atoms with Gasteiger partial charge in [-0.1, -0.05) is 30.3 Å². The Morgan fingerprint density at radius 3 is 2.60 bits per heavy atom. The number of nitrogens with zero attached hydrogens (tertiary/aromatic N) is 3. The molecule has 10 nitrogen and oxygen atoms in total. The van der Waals surface area contributed by atoms with Crippen LogP contribution in [0.5, 0.6) is 11.5 Å². The summed E-state index contributed by atoms with van der Waals surface area (Å²) in [5.74, 6) is 0.725. The van der Waals surface area contributed by atoms with Crippen molar-refractivity contribution in [1.82, 2.24) is 25.6 Å². The molecule has 0 spiro atoms. The van der Waals surface area contributed by atoms with E-state index in [2.05, 4.69) is 10.7 Å². The van der Waals surface area contributed by atoms with Crippen LogP contribution in [0.15, 0.2) is 65.9 Å². The topological polar surface area (TPSA) is 103 Å². The highest BCUT2D eigenvalue weighted by Crippen LogP contribution is 2.37. The van der Waals surface area contributed by atoms with Crippen molar-refractivity contribution >= 4 is 17.8 Å². The largest absolute Gasteiger partial charge is 0.457 e. The molecule has 1 atom stereocenters. The molecule has 0 unspecified atom stereocenters. The first kappa shape index (κ1) is 22.9. The molecule has 2 aromatic carbocycles. The Morgan fingerprint density at radius 2 is 1.83 bits per heavy atom. The van der Waals surface area contributed by atoms with Gasteiger partial charge in [0, 0.05) is 20.1 Å². The van der Waals surface area contributed by atoms with Crippen LogP contribution in [-0.2, 0) is 14.3 Å². The third kappa shape index (κ3) is 4.84. The molecule has 182 valence electrons. The summed E-state index contributed by atoms with van der Waals surface area (Å²) in [6.45, 7) is 2.37. The van der Waals surface area contributed by atoms with Gasteiger partial charge in [0.25, 0.3) is 11.8 Å². The standard InChI is InChI=1S/C25H27N5O5/c1-28-20-15-29(16-21(31)27-30-10-12-34-13-11-30)24(32)22(20)23(26-25(28)33)17-6-5-9-19(14-17)35-18-7-3-2-4-8-18/h2-9,14,23H,10-13,15-16H2,1H3,(H,26,33)(H,27,31)/t23-/m0/s1. The fraction of sp³-hybridized carbons (Fsp3) is 0.320. The van der Waals surface area contributed by atoms with Gasteiger partial charge in [-0.2, -0.15) is 0 Å². The SMILES string of the molecule is CN1C(=O)N[C@@H](c2cccc(Oc3ccccc3)c2)C2=C1CN(CC(=O)NN1CCOCC1)C2=O. The third-order valence-electron chi connectivity index (χ3n) is 6.23. The molecule has 0 aromatic heterocycles. The average Bonchev–Trinajstić information content (AvgIpc) is 3.19. The molecule has 1 saturated heterocycles. The van der Waals surface area contributed by atoms with Gasteiger partial charge in [-0.25, -0.2) is 9.80 Å². The fourth-order valence-corrected chi connectivity index (χ4v) is 4.44. The predicted molar refractivity (Wildman–Crippen MR) is 126 cm³/mol. The maximum atomic E-state index is 13.4. The molecular formula is C25H27N5O5. The van der Waals surface area contributed by atoms with Crippen molar-refractivity contribution < 1.29 is 23.9 Å². The smallest absolute Gasteiger partial charge is 0.322 e. The van der Waals surface area contributed by atoms with Crippen LogP contribution in [0.25, 0.3) is 0 Å². The lowest BCUT2D eigenvalue weighted by Gasteiger charge is -2.31. The van der Waals surface area contributed by atoms with E-state index in [1.165, 1.54) is 9.80 Å². The summed E-state index contributed by atoms with van der Waals surface area (Å²) in [5, 5.41) is 4.71. The molecule has 3 aliphatic rings. The van der Waals surface area contributed by atoms with Gasteiger partial charge in [-0.15, -0.1) is 0 Å². The molecule has 5 rings (SSSR count). The van der Waals surface area contributed by atoms with E-state index < -0.39 is 6.04 Å². The molecule has 10 heteroatoms. The van der Waals surface area contributed by atoms with E-state index in [-0.39, 0.29) is 30.9 Å². The lowest BCUT2D eigenvalue weighted by Crippen LogP contribution is -2.51. The van der Waals surface area contributed by atoms with Crippen molar-refractivity contribution in [2.45, 2.75) is 6.04 Å². The number of rotatable bonds is 6. The van der Waals surface area contributed by atoms with Crippen LogP contribution in [-0.4, -0.2) is 79.1 Å². The van der Waals surface area contributed by atoms with Crippen LogP contribution in [0, 0.1) is 0 Å². The molecule has 35 heavy (non-hydrogen) atoms. The van der Waals surface area contributed by atoms with Crippen molar-refractivity contribution in [1.29, 1.82) is 0 Å². The van der Waals surface area contributed by atoms with Crippen LogP contribution in [0.2, 0.25) is 0 Å². The molecule has 0 radical (unpaired) electrons. The highest BCUT2D eigenvalue weighted by Gasteiger charge is 2.43. The summed E-state index contributed by atoms with van der Waals surface area (Å²) >= 11 is 0. The fourth-order valence-electron chi connectivity index (χ4n) is 4.44. The van der Waals surface area contributed by atoms with E-state index in [1.807, 2.05) is 54.6 Å². The van der Waals surface area contributed by atoms with E-state index in [4.69, 9.17) is 9.47 Å². The van der Waals surface area contributed by atoms with Crippen molar-refractivity contribution in [2.75, 3.05) is 46.4 Å². The Hall–Kier alpha value is -3.89. The minimum atomic E-state index is -0.646. The Labute approximate surface area is 203 Å². The molecule has 1 fully saturated rings. The molecule has 3 heterocycles. The van der Waals surface area contributed by atoms with Gasteiger partial charge in [0.15, 0.2) is 0 Å². The molecule has 0 saturated carbocycles. The number of para-hydroxylation sites is 1. The van der Waals surface area contributed by atoms with Gasteiger partial charge < -0.3 is 19.7 Å². The number of carbonyl (C=O) groups excluding carboxylic acids is 3. The lowest BCUT2D eigenvalue weighted by atomic mass is 9.95. The van der Waals surface area contributed by atoms with Crippen LogP contribution in [0.1, 0.15) is 11.6 Å². The maximum absolute atomic E-state index is 13.4. The van der Waals surface area contributed by atoms with E-state index in [9.17, 15) is 14.4 Å². The zero-order valence-corrected chi connectivity index (χ0v) is 19.4. The van der Waals surface area contributed by atoms with Crippen LogP contribution < -0.4 is 15.5 Å². The number of carbonyl (C=O) groups is 3. The summed E-state index contributed by atoms with van der Waals surface area (Å²) in [6.07, 6.45) is 0.